The maximum atomic E-state index is 11.8. The molecule has 0 saturated carbocycles. The summed E-state index contributed by atoms with van der Waals surface area (Å²) in [5, 5.41) is 0.520. The lowest BCUT2D eigenvalue weighted by molar-refractivity contribution is 0.0975. The third-order valence-electron chi connectivity index (χ3n) is 2.20. The summed E-state index contributed by atoms with van der Waals surface area (Å²) in [4.78, 5) is 11.8. The van der Waals surface area contributed by atoms with Crippen LogP contribution in [0.3, 0.4) is 0 Å². The molecular formula is C12H14BrClO. The van der Waals surface area contributed by atoms with Crippen molar-refractivity contribution in [3.05, 3.63) is 33.3 Å². The van der Waals surface area contributed by atoms with Crippen molar-refractivity contribution >= 4 is 33.3 Å². The highest BCUT2D eigenvalue weighted by Gasteiger charge is 2.12. The minimum absolute atomic E-state index is 0.120. The van der Waals surface area contributed by atoms with Gasteiger partial charge in [-0.25, -0.2) is 0 Å². The number of rotatable bonds is 4. The van der Waals surface area contributed by atoms with Crippen LogP contribution in [0.2, 0.25) is 5.02 Å². The fourth-order valence-corrected chi connectivity index (χ4v) is 1.87. The van der Waals surface area contributed by atoms with Crippen molar-refractivity contribution in [2.75, 3.05) is 0 Å². The molecule has 0 aliphatic heterocycles. The average Bonchev–Trinajstić information content (AvgIpc) is 2.18. The molecule has 3 heteroatoms. The Bertz CT molecular complexity index is 361. The Kier molecular flexibility index (Phi) is 4.81. The van der Waals surface area contributed by atoms with Gasteiger partial charge in [0.15, 0.2) is 5.78 Å². The van der Waals surface area contributed by atoms with Gasteiger partial charge in [-0.1, -0.05) is 31.5 Å². The zero-order valence-corrected chi connectivity index (χ0v) is 11.2. The van der Waals surface area contributed by atoms with E-state index >= 15 is 0 Å². The fourth-order valence-electron chi connectivity index (χ4n) is 1.27. The van der Waals surface area contributed by atoms with E-state index in [0.717, 1.165) is 10.9 Å². The van der Waals surface area contributed by atoms with E-state index in [1.807, 2.05) is 12.1 Å². The quantitative estimate of drug-likeness (QED) is 0.733. The van der Waals surface area contributed by atoms with Gasteiger partial charge in [0, 0.05) is 16.5 Å². The van der Waals surface area contributed by atoms with Gasteiger partial charge in [-0.05, 0) is 40.4 Å². The lowest BCUT2D eigenvalue weighted by Gasteiger charge is -2.06. The Morgan fingerprint density at radius 2 is 2.13 bits per heavy atom. The molecule has 0 unspecified atom stereocenters. The van der Waals surface area contributed by atoms with E-state index in [1.54, 1.807) is 6.07 Å². The maximum absolute atomic E-state index is 11.8. The Hall–Kier alpha value is -0.340. The third-order valence-corrected chi connectivity index (χ3v) is 3.50. The van der Waals surface area contributed by atoms with Crippen LogP contribution in [0.15, 0.2) is 22.7 Å². The van der Waals surface area contributed by atoms with Crippen molar-refractivity contribution < 1.29 is 4.79 Å². The van der Waals surface area contributed by atoms with Crippen molar-refractivity contribution in [3.63, 3.8) is 0 Å². The van der Waals surface area contributed by atoms with Crippen molar-refractivity contribution in [1.82, 2.24) is 0 Å². The predicted molar refractivity (Wildman–Crippen MR) is 67.6 cm³/mol. The van der Waals surface area contributed by atoms with Crippen LogP contribution in [0.1, 0.15) is 37.0 Å². The number of hydrogen-bond acceptors (Lipinski definition) is 1. The van der Waals surface area contributed by atoms with Crippen LogP contribution in [0.25, 0.3) is 0 Å². The van der Waals surface area contributed by atoms with Gasteiger partial charge in [-0.3, -0.25) is 4.79 Å². The van der Waals surface area contributed by atoms with Crippen LogP contribution in [0.4, 0.5) is 0 Å². The van der Waals surface area contributed by atoms with Gasteiger partial charge < -0.3 is 0 Å². The van der Waals surface area contributed by atoms with Crippen molar-refractivity contribution in [2.45, 2.75) is 26.7 Å². The van der Waals surface area contributed by atoms with E-state index in [-0.39, 0.29) is 5.78 Å². The Morgan fingerprint density at radius 3 is 2.73 bits per heavy atom. The molecule has 0 amide bonds. The van der Waals surface area contributed by atoms with Crippen LogP contribution in [-0.2, 0) is 0 Å². The fraction of sp³-hybridized carbons (Fsp3) is 0.417. The minimum atomic E-state index is 0.120. The summed E-state index contributed by atoms with van der Waals surface area (Å²) >= 11 is 9.35. The van der Waals surface area contributed by atoms with E-state index in [1.165, 1.54) is 0 Å². The summed E-state index contributed by atoms with van der Waals surface area (Å²) in [6.07, 6.45) is 1.47. The first-order valence-corrected chi connectivity index (χ1v) is 6.16. The average molecular weight is 290 g/mol. The summed E-state index contributed by atoms with van der Waals surface area (Å²) in [5.41, 5.74) is 0.617. The normalized spacial score (nSPS) is 10.7. The van der Waals surface area contributed by atoms with Crippen LogP contribution in [0.5, 0.6) is 0 Å². The zero-order chi connectivity index (χ0) is 11.4. The van der Waals surface area contributed by atoms with Crippen molar-refractivity contribution in [2.24, 2.45) is 5.92 Å². The number of hydrogen-bond donors (Lipinski definition) is 0. The molecule has 15 heavy (non-hydrogen) atoms. The highest BCUT2D eigenvalue weighted by Crippen LogP contribution is 2.27. The zero-order valence-electron chi connectivity index (χ0n) is 8.89. The van der Waals surface area contributed by atoms with Gasteiger partial charge in [0.2, 0.25) is 0 Å². The second kappa shape index (κ2) is 5.66. The lowest BCUT2D eigenvalue weighted by Crippen LogP contribution is -2.02. The van der Waals surface area contributed by atoms with Crippen LogP contribution < -0.4 is 0 Å². The molecule has 82 valence electrons. The molecule has 0 spiro atoms. The largest absolute Gasteiger partial charge is 0.294 e. The monoisotopic (exact) mass is 288 g/mol. The maximum Gasteiger partial charge on any atom is 0.164 e. The molecule has 0 aromatic heterocycles. The first kappa shape index (κ1) is 12.7. The third kappa shape index (κ3) is 3.62. The summed E-state index contributed by atoms with van der Waals surface area (Å²) < 4.78 is 0.777. The molecule has 0 heterocycles. The number of ketones is 1. The molecule has 0 radical (unpaired) electrons. The van der Waals surface area contributed by atoms with Gasteiger partial charge >= 0.3 is 0 Å². The number of Topliss-reactive ketones (excluding diaryl/α,β-unsaturated/α-hetero) is 1. The smallest absolute Gasteiger partial charge is 0.164 e. The summed E-state index contributed by atoms with van der Waals surface area (Å²) in [7, 11) is 0. The molecular weight excluding hydrogens is 275 g/mol. The number of halogens is 2. The second-order valence-electron chi connectivity index (χ2n) is 3.96. The van der Waals surface area contributed by atoms with Crippen LogP contribution in [0, 0.1) is 5.92 Å². The Balaban J connectivity index is 2.78. The lowest BCUT2D eigenvalue weighted by atomic mass is 10.0. The molecule has 0 atom stereocenters. The minimum Gasteiger partial charge on any atom is -0.294 e. The van der Waals surface area contributed by atoms with Crippen LogP contribution >= 0.6 is 27.5 Å². The first-order valence-electron chi connectivity index (χ1n) is 4.99. The molecule has 0 N–H and O–H groups in total. The molecule has 1 aromatic rings. The van der Waals surface area contributed by atoms with E-state index in [0.29, 0.717) is 22.9 Å². The van der Waals surface area contributed by atoms with E-state index in [9.17, 15) is 4.79 Å². The standard InChI is InChI=1S/C12H14BrClO/c1-8(2)6-7-11(15)9-4-3-5-10(13)12(9)14/h3-5,8H,6-7H2,1-2H3. The van der Waals surface area contributed by atoms with E-state index < -0.39 is 0 Å². The van der Waals surface area contributed by atoms with Gasteiger partial charge in [0.1, 0.15) is 0 Å². The molecule has 1 nitrogen and oxygen atoms in total. The van der Waals surface area contributed by atoms with E-state index in [4.69, 9.17) is 11.6 Å². The van der Waals surface area contributed by atoms with Gasteiger partial charge in [-0.15, -0.1) is 0 Å². The van der Waals surface area contributed by atoms with Crippen LogP contribution in [-0.4, -0.2) is 5.78 Å². The van der Waals surface area contributed by atoms with E-state index in [2.05, 4.69) is 29.8 Å². The first-order chi connectivity index (χ1) is 7.02. The van der Waals surface area contributed by atoms with Crippen molar-refractivity contribution in [1.29, 1.82) is 0 Å². The topological polar surface area (TPSA) is 17.1 Å². The molecule has 0 aliphatic carbocycles. The molecule has 0 saturated heterocycles. The molecule has 0 aliphatic rings. The van der Waals surface area contributed by atoms with Crippen molar-refractivity contribution in [3.8, 4) is 0 Å². The predicted octanol–water partition coefficient (Wildman–Crippen LogP) is 4.72. The Morgan fingerprint density at radius 1 is 1.47 bits per heavy atom. The second-order valence-corrected chi connectivity index (χ2v) is 5.19. The molecule has 1 aromatic carbocycles. The summed E-state index contributed by atoms with van der Waals surface area (Å²) in [5.74, 6) is 0.662. The summed E-state index contributed by atoms with van der Waals surface area (Å²) in [6.45, 7) is 4.21. The summed E-state index contributed by atoms with van der Waals surface area (Å²) in [6, 6.07) is 5.44. The highest BCUT2D eigenvalue weighted by molar-refractivity contribution is 9.10. The molecule has 0 bridgehead atoms. The van der Waals surface area contributed by atoms with Gasteiger partial charge in [-0.2, -0.15) is 0 Å². The highest BCUT2D eigenvalue weighted by atomic mass is 79.9. The number of carbonyl (C=O) groups excluding carboxylic acids is 1. The Labute approximate surface area is 104 Å². The molecule has 1 rings (SSSR count). The molecule has 0 fully saturated rings. The SMILES string of the molecule is CC(C)CCC(=O)c1cccc(Br)c1Cl. The van der Waals surface area contributed by atoms with Gasteiger partial charge in [0.25, 0.3) is 0 Å². The van der Waals surface area contributed by atoms with Gasteiger partial charge in [0.05, 0.1) is 5.02 Å². The number of carbonyl (C=O) groups is 1. The number of benzene rings is 1.